The average molecular weight is 322 g/mol. The molecule has 0 aliphatic heterocycles. The van der Waals surface area contributed by atoms with E-state index in [2.05, 4.69) is 5.32 Å². The number of rotatable bonds is 5. The van der Waals surface area contributed by atoms with E-state index in [1.54, 1.807) is 12.1 Å². The van der Waals surface area contributed by atoms with Gasteiger partial charge in [0.15, 0.2) is 0 Å². The van der Waals surface area contributed by atoms with E-state index in [0.29, 0.717) is 16.6 Å². The standard InChI is InChI=1S/C16H13Cl2NO2/c17-14-6-4-12(9-15(14)18)10-19-13-3-1-2-11(8-13)5-7-16(20)21/h1-9,19H,10H2,(H,20,21). The lowest BCUT2D eigenvalue weighted by molar-refractivity contribution is -0.131. The monoisotopic (exact) mass is 321 g/mol. The second-order valence-corrected chi connectivity index (χ2v) is 5.21. The normalized spacial score (nSPS) is 10.8. The molecule has 2 aromatic carbocycles. The molecule has 0 radical (unpaired) electrons. The molecule has 21 heavy (non-hydrogen) atoms. The summed E-state index contributed by atoms with van der Waals surface area (Å²) in [6, 6.07) is 12.9. The number of hydrogen-bond donors (Lipinski definition) is 2. The number of aliphatic carboxylic acids is 1. The van der Waals surface area contributed by atoms with Crippen molar-refractivity contribution in [2.45, 2.75) is 6.54 Å². The van der Waals surface area contributed by atoms with Gasteiger partial charge in [-0.05, 0) is 41.5 Å². The first-order chi connectivity index (χ1) is 10.0. The lowest BCUT2D eigenvalue weighted by Crippen LogP contribution is -1.99. The van der Waals surface area contributed by atoms with Crippen LogP contribution in [0.2, 0.25) is 10.0 Å². The maximum absolute atomic E-state index is 10.5. The summed E-state index contributed by atoms with van der Waals surface area (Å²) < 4.78 is 0. The van der Waals surface area contributed by atoms with Crippen molar-refractivity contribution in [2.75, 3.05) is 5.32 Å². The van der Waals surface area contributed by atoms with E-state index in [-0.39, 0.29) is 0 Å². The Morgan fingerprint density at radius 1 is 1.14 bits per heavy atom. The van der Waals surface area contributed by atoms with Gasteiger partial charge in [0.25, 0.3) is 0 Å². The van der Waals surface area contributed by atoms with E-state index < -0.39 is 5.97 Å². The van der Waals surface area contributed by atoms with Gasteiger partial charge in [-0.3, -0.25) is 0 Å². The topological polar surface area (TPSA) is 49.3 Å². The van der Waals surface area contributed by atoms with Crippen LogP contribution in [0.25, 0.3) is 6.08 Å². The zero-order valence-corrected chi connectivity index (χ0v) is 12.5. The maximum atomic E-state index is 10.5. The van der Waals surface area contributed by atoms with Gasteiger partial charge in [0.1, 0.15) is 0 Å². The summed E-state index contributed by atoms with van der Waals surface area (Å²) >= 11 is 11.8. The third-order valence-corrected chi connectivity index (χ3v) is 3.52. The Labute approximate surface area is 132 Å². The fraction of sp³-hybridized carbons (Fsp3) is 0.0625. The molecule has 0 spiro atoms. The van der Waals surface area contributed by atoms with E-state index in [9.17, 15) is 4.79 Å². The molecule has 0 aromatic heterocycles. The minimum absolute atomic E-state index is 0.522. The van der Waals surface area contributed by atoms with Crippen molar-refractivity contribution in [1.82, 2.24) is 0 Å². The molecule has 0 atom stereocenters. The summed E-state index contributed by atoms with van der Waals surface area (Å²) in [5.41, 5.74) is 2.72. The smallest absolute Gasteiger partial charge is 0.328 e. The summed E-state index contributed by atoms with van der Waals surface area (Å²) in [6.45, 7) is 0.600. The van der Waals surface area contributed by atoms with Gasteiger partial charge < -0.3 is 10.4 Å². The highest BCUT2D eigenvalue weighted by Gasteiger charge is 2.00. The first-order valence-electron chi connectivity index (χ1n) is 6.23. The van der Waals surface area contributed by atoms with Crippen molar-refractivity contribution in [1.29, 1.82) is 0 Å². The fourth-order valence-corrected chi connectivity index (χ4v) is 2.09. The van der Waals surface area contributed by atoms with E-state index >= 15 is 0 Å². The molecule has 2 rings (SSSR count). The van der Waals surface area contributed by atoms with Gasteiger partial charge in [-0.1, -0.05) is 41.4 Å². The van der Waals surface area contributed by atoms with Gasteiger partial charge >= 0.3 is 5.97 Å². The van der Waals surface area contributed by atoms with Gasteiger partial charge in [-0.15, -0.1) is 0 Å². The molecular formula is C16H13Cl2NO2. The quantitative estimate of drug-likeness (QED) is 0.784. The van der Waals surface area contributed by atoms with Crippen LogP contribution in [0.5, 0.6) is 0 Å². The Morgan fingerprint density at radius 3 is 2.67 bits per heavy atom. The maximum Gasteiger partial charge on any atom is 0.328 e. The lowest BCUT2D eigenvalue weighted by atomic mass is 10.1. The van der Waals surface area contributed by atoms with Crippen LogP contribution in [0.15, 0.2) is 48.5 Å². The fourth-order valence-electron chi connectivity index (χ4n) is 1.77. The highest BCUT2D eigenvalue weighted by Crippen LogP contribution is 2.23. The SMILES string of the molecule is O=C(O)C=Cc1cccc(NCc2ccc(Cl)c(Cl)c2)c1. The van der Waals surface area contributed by atoms with Gasteiger partial charge in [0, 0.05) is 18.3 Å². The number of anilines is 1. The Balaban J connectivity index is 2.04. The zero-order chi connectivity index (χ0) is 15.2. The largest absolute Gasteiger partial charge is 0.478 e. The van der Waals surface area contributed by atoms with Crippen molar-refractivity contribution in [3.05, 3.63) is 69.7 Å². The first kappa shape index (κ1) is 15.4. The predicted molar refractivity (Wildman–Crippen MR) is 86.9 cm³/mol. The van der Waals surface area contributed by atoms with Crippen LogP contribution >= 0.6 is 23.2 Å². The average Bonchev–Trinajstić information content (AvgIpc) is 2.47. The van der Waals surface area contributed by atoms with Crippen molar-refractivity contribution >= 4 is 40.9 Å². The predicted octanol–water partition coefficient (Wildman–Crippen LogP) is 4.70. The van der Waals surface area contributed by atoms with E-state index in [1.807, 2.05) is 36.4 Å². The van der Waals surface area contributed by atoms with Crippen LogP contribution in [0.4, 0.5) is 5.69 Å². The summed E-state index contributed by atoms with van der Waals surface area (Å²) in [4.78, 5) is 10.5. The molecular weight excluding hydrogens is 309 g/mol. The number of nitrogens with one attached hydrogen (secondary N) is 1. The number of carbonyl (C=O) groups is 1. The number of hydrogen-bond acceptors (Lipinski definition) is 2. The van der Waals surface area contributed by atoms with Crippen LogP contribution in [0.3, 0.4) is 0 Å². The summed E-state index contributed by atoms with van der Waals surface area (Å²) in [6.07, 6.45) is 2.66. The first-order valence-corrected chi connectivity index (χ1v) is 6.99. The summed E-state index contributed by atoms with van der Waals surface area (Å²) in [5, 5.41) is 12.9. The summed E-state index contributed by atoms with van der Waals surface area (Å²) in [5.74, 6) is -0.968. The molecule has 0 fully saturated rings. The Kier molecular flexibility index (Phi) is 5.26. The molecule has 2 N–H and O–H groups in total. The molecule has 0 saturated heterocycles. The Hall–Kier alpha value is -1.97. The van der Waals surface area contributed by atoms with Crippen molar-refractivity contribution in [3.8, 4) is 0 Å². The highest BCUT2D eigenvalue weighted by molar-refractivity contribution is 6.42. The number of carboxylic acids is 1. The molecule has 0 aliphatic carbocycles. The number of halogens is 2. The van der Waals surface area contributed by atoms with Gasteiger partial charge in [-0.25, -0.2) is 4.79 Å². The Bertz CT molecular complexity index is 684. The summed E-state index contributed by atoms with van der Waals surface area (Å²) in [7, 11) is 0. The number of benzene rings is 2. The molecule has 0 amide bonds. The van der Waals surface area contributed by atoms with E-state index in [4.69, 9.17) is 28.3 Å². The number of carboxylic acid groups (broad SMARTS) is 1. The minimum Gasteiger partial charge on any atom is -0.478 e. The van der Waals surface area contributed by atoms with E-state index in [0.717, 1.165) is 22.9 Å². The third kappa shape index (κ3) is 4.81. The van der Waals surface area contributed by atoms with Crippen molar-refractivity contribution < 1.29 is 9.90 Å². The second-order valence-electron chi connectivity index (χ2n) is 4.40. The molecule has 108 valence electrons. The molecule has 0 unspecified atom stereocenters. The molecule has 0 saturated carbocycles. The highest BCUT2D eigenvalue weighted by atomic mass is 35.5. The van der Waals surface area contributed by atoms with Crippen LogP contribution in [-0.4, -0.2) is 11.1 Å². The minimum atomic E-state index is -0.968. The molecule has 5 heteroatoms. The molecule has 3 nitrogen and oxygen atoms in total. The van der Waals surface area contributed by atoms with Crippen molar-refractivity contribution in [3.63, 3.8) is 0 Å². The van der Waals surface area contributed by atoms with Crippen LogP contribution in [-0.2, 0) is 11.3 Å². The zero-order valence-electron chi connectivity index (χ0n) is 11.0. The van der Waals surface area contributed by atoms with Crippen LogP contribution in [0.1, 0.15) is 11.1 Å². The Morgan fingerprint density at radius 2 is 1.95 bits per heavy atom. The molecule has 0 bridgehead atoms. The van der Waals surface area contributed by atoms with Crippen LogP contribution < -0.4 is 5.32 Å². The van der Waals surface area contributed by atoms with Crippen molar-refractivity contribution in [2.24, 2.45) is 0 Å². The molecule has 0 heterocycles. The molecule has 0 aliphatic rings. The van der Waals surface area contributed by atoms with Crippen LogP contribution in [0, 0.1) is 0 Å². The second kappa shape index (κ2) is 7.16. The van der Waals surface area contributed by atoms with Gasteiger partial charge in [0.05, 0.1) is 10.0 Å². The lowest BCUT2D eigenvalue weighted by Gasteiger charge is -2.08. The third-order valence-electron chi connectivity index (χ3n) is 2.79. The molecule has 2 aromatic rings. The van der Waals surface area contributed by atoms with Gasteiger partial charge in [-0.2, -0.15) is 0 Å². The van der Waals surface area contributed by atoms with E-state index in [1.165, 1.54) is 0 Å². The van der Waals surface area contributed by atoms with Gasteiger partial charge in [0.2, 0.25) is 0 Å².